The molecular weight excluding hydrogens is 456 g/mol. The molecule has 0 bridgehead atoms. The Kier molecular flexibility index (Phi) is 5.24. The van der Waals surface area contributed by atoms with Crippen LogP contribution in [-0.4, -0.2) is 46.1 Å². The first kappa shape index (κ1) is 21.9. The van der Waals surface area contributed by atoms with Crippen molar-refractivity contribution in [1.82, 2.24) is 19.7 Å². The Labute approximate surface area is 189 Å². The predicted octanol–water partition coefficient (Wildman–Crippen LogP) is 3.35. The molecule has 1 fully saturated rings. The van der Waals surface area contributed by atoms with Gasteiger partial charge in [-0.15, -0.1) is 0 Å². The Bertz CT molecular complexity index is 1420. The first-order valence-corrected chi connectivity index (χ1v) is 10.3. The Balaban J connectivity index is 1.72. The average molecular weight is 474 g/mol. The molecule has 4 aromatic rings. The topological polar surface area (TPSA) is 102 Å². The summed E-state index contributed by atoms with van der Waals surface area (Å²) in [6.45, 7) is 2.57. The van der Waals surface area contributed by atoms with Crippen LogP contribution in [0.1, 0.15) is 5.56 Å². The Morgan fingerprint density at radius 2 is 1.88 bits per heavy atom. The summed E-state index contributed by atoms with van der Waals surface area (Å²) in [5, 5.41) is 6.32. The van der Waals surface area contributed by atoms with Crippen LogP contribution in [0, 0.1) is 5.82 Å². The van der Waals surface area contributed by atoms with E-state index in [4.69, 9.17) is 10.5 Å². The van der Waals surface area contributed by atoms with E-state index in [-0.39, 0.29) is 22.3 Å². The standard InChI is InChI=1S/C22H18F4N6O2/c23-15-3-1-2-14(22(24,25)26)19(15)32-11-13(18-17(21(32)33)20(27)30-29-18)16-5-4-12(10-28-16)31-6-8-34-9-7-31/h1-5,10-11H,6-9H2,(H3,27,29,30). The predicted molar refractivity (Wildman–Crippen MR) is 117 cm³/mol. The highest BCUT2D eigenvalue weighted by Crippen LogP contribution is 2.36. The lowest BCUT2D eigenvalue weighted by molar-refractivity contribution is -0.137. The normalized spacial score (nSPS) is 14.6. The van der Waals surface area contributed by atoms with Crippen molar-refractivity contribution in [3.8, 4) is 16.9 Å². The van der Waals surface area contributed by atoms with Gasteiger partial charge in [-0.25, -0.2) is 4.39 Å². The van der Waals surface area contributed by atoms with Gasteiger partial charge < -0.3 is 15.4 Å². The number of fused-ring (bicyclic) bond motifs is 1. The quantitative estimate of drug-likeness (QED) is 0.442. The fourth-order valence-corrected chi connectivity index (χ4v) is 4.04. The van der Waals surface area contributed by atoms with E-state index in [1.54, 1.807) is 18.3 Å². The molecule has 1 aliphatic heterocycles. The van der Waals surface area contributed by atoms with Gasteiger partial charge in [-0.3, -0.25) is 19.4 Å². The number of ether oxygens (including phenoxy) is 1. The average Bonchev–Trinajstić information content (AvgIpc) is 3.22. The molecule has 1 aliphatic rings. The molecule has 0 saturated carbocycles. The van der Waals surface area contributed by atoms with Crippen LogP contribution in [0.2, 0.25) is 0 Å². The van der Waals surface area contributed by atoms with E-state index in [0.717, 1.165) is 24.0 Å². The van der Waals surface area contributed by atoms with Crippen LogP contribution in [0.15, 0.2) is 47.5 Å². The molecule has 0 atom stereocenters. The summed E-state index contributed by atoms with van der Waals surface area (Å²) >= 11 is 0. The fraction of sp³-hybridized carbons (Fsp3) is 0.227. The van der Waals surface area contributed by atoms with Crippen molar-refractivity contribution in [3.05, 3.63) is 64.5 Å². The molecule has 34 heavy (non-hydrogen) atoms. The minimum Gasteiger partial charge on any atom is -0.382 e. The minimum atomic E-state index is -4.90. The van der Waals surface area contributed by atoms with Gasteiger partial charge in [-0.05, 0) is 24.3 Å². The molecule has 0 aliphatic carbocycles. The lowest BCUT2D eigenvalue weighted by Gasteiger charge is -2.28. The summed E-state index contributed by atoms with van der Waals surface area (Å²) in [4.78, 5) is 19.7. The molecule has 5 rings (SSSR count). The molecule has 3 N–H and O–H groups in total. The van der Waals surface area contributed by atoms with Gasteiger partial charge in [0.1, 0.15) is 11.2 Å². The molecule has 0 amide bonds. The number of aromatic nitrogens is 4. The molecule has 8 nitrogen and oxygen atoms in total. The Hall–Kier alpha value is -3.93. The lowest BCUT2D eigenvalue weighted by atomic mass is 10.1. The third-order valence-electron chi connectivity index (χ3n) is 5.69. The van der Waals surface area contributed by atoms with Crippen LogP contribution in [0.25, 0.3) is 27.8 Å². The first-order chi connectivity index (χ1) is 16.3. The van der Waals surface area contributed by atoms with Crippen molar-refractivity contribution < 1.29 is 22.3 Å². The smallest absolute Gasteiger partial charge is 0.382 e. The van der Waals surface area contributed by atoms with E-state index in [0.29, 0.717) is 42.6 Å². The van der Waals surface area contributed by atoms with Gasteiger partial charge in [0, 0.05) is 24.8 Å². The zero-order valence-electron chi connectivity index (χ0n) is 17.6. The highest BCUT2D eigenvalue weighted by Gasteiger charge is 2.36. The largest absolute Gasteiger partial charge is 0.418 e. The highest BCUT2D eigenvalue weighted by atomic mass is 19.4. The van der Waals surface area contributed by atoms with Crippen molar-refractivity contribution in [1.29, 1.82) is 0 Å². The minimum absolute atomic E-state index is 0.159. The summed E-state index contributed by atoms with van der Waals surface area (Å²) < 4.78 is 61.7. The van der Waals surface area contributed by atoms with Gasteiger partial charge in [0.25, 0.3) is 5.56 Å². The van der Waals surface area contributed by atoms with Gasteiger partial charge in [0.15, 0.2) is 5.82 Å². The van der Waals surface area contributed by atoms with Crippen molar-refractivity contribution in [2.45, 2.75) is 6.18 Å². The number of pyridine rings is 2. The summed E-state index contributed by atoms with van der Waals surface area (Å²) in [6, 6.07) is 5.97. The third kappa shape index (κ3) is 3.65. The number of nitrogens with zero attached hydrogens (tertiary/aromatic N) is 4. The van der Waals surface area contributed by atoms with Crippen molar-refractivity contribution in [2.24, 2.45) is 0 Å². The lowest BCUT2D eigenvalue weighted by Crippen LogP contribution is -2.36. The van der Waals surface area contributed by atoms with E-state index in [2.05, 4.69) is 20.1 Å². The number of H-pyrrole nitrogens is 1. The van der Waals surface area contributed by atoms with E-state index in [1.807, 2.05) is 0 Å². The number of hydrogen-bond acceptors (Lipinski definition) is 6. The number of aromatic amines is 1. The summed E-state index contributed by atoms with van der Waals surface area (Å²) in [6.07, 6.45) is -2.16. The van der Waals surface area contributed by atoms with Gasteiger partial charge in [0.05, 0.1) is 47.6 Å². The maximum Gasteiger partial charge on any atom is 0.418 e. The van der Waals surface area contributed by atoms with Crippen molar-refractivity contribution in [2.75, 3.05) is 36.9 Å². The van der Waals surface area contributed by atoms with Gasteiger partial charge in [0.2, 0.25) is 0 Å². The molecule has 1 saturated heterocycles. The molecule has 176 valence electrons. The Morgan fingerprint density at radius 3 is 2.56 bits per heavy atom. The highest BCUT2D eigenvalue weighted by molar-refractivity contribution is 5.97. The summed E-state index contributed by atoms with van der Waals surface area (Å²) in [5.74, 6) is -1.43. The summed E-state index contributed by atoms with van der Waals surface area (Å²) in [5.41, 5.74) is 4.30. The number of nitrogens with one attached hydrogen (secondary N) is 1. The maximum absolute atomic E-state index is 14.7. The monoisotopic (exact) mass is 474 g/mol. The van der Waals surface area contributed by atoms with Crippen LogP contribution in [0.5, 0.6) is 0 Å². The molecule has 3 aromatic heterocycles. The molecule has 12 heteroatoms. The zero-order chi connectivity index (χ0) is 24.0. The fourth-order valence-electron chi connectivity index (χ4n) is 4.04. The van der Waals surface area contributed by atoms with E-state index in [9.17, 15) is 22.4 Å². The number of hydrogen-bond donors (Lipinski definition) is 2. The van der Waals surface area contributed by atoms with Crippen LogP contribution in [0.3, 0.4) is 0 Å². The van der Waals surface area contributed by atoms with Gasteiger partial charge in [-0.2, -0.15) is 18.3 Å². The van der Waals surface area contributed by atoms with Crippen LogP contribution < -0.4 is 16.2 Å². The van der Waals surface area contributed by atoms with Crippen LogP contribution in [-0.2, 0) is 10.9 Å². The van der Waals surface area contributed by atoms with Crippen LogP contribution >= 0.6 is 0 Å². The maximum atomic E-state index is 14.7. The van der Waals surface area contributed by atoms with E-state index < -0.39 is 28.8 Å². The van der Waals surface area contributed by atoms with Gasteiger partial charge in [-0.1, -0.05) is 6.07 Å². The van der Waals surface area contributed by atoms with E-state index >= 15 is 0 Å². The second kappa shape index (κ2) is 8.13. The number of morpholine rings is 1. The second-order valence-electron chi connectivity index (χ2n) is 7.71. The number of halogens is 4. The first-order valence-electron chi connectivity index (χ1n) is 10.3. The summed E-state index contributed by atoms with van der Waals surface area (Å²) in [7, 11) is 0. The zero-order valence-corrected chi connectivity index (χ0v) is 17.6. The Morgan fingerprint density at radius 1 is 1.12 bits per heavy atom. The van der Waals surface area contributed by atoms with Crippen molar-refractivity contribution >= 4 is 22.4 Å². The van der Waals surface area contributed by atoms with E-state index in [1.165, 1.54) is 0 Å². The molecule has 4 heterocycles. The number of nitrogen functional groups attached to an aromatic ring is 1. The molecule has 1 aromatic carbocycles. The van der Waals surface area contributed by atoms with Gasteiger partial charge >= 0.3 is 6.18 Å². The number of para-hydroxylation sites is 1. The second-order valence-corrected chi connectivity index (χ2v) is 7.71. The number of benzene rings is 1. The number of rotatable bonds is 3. The molecule has 0 radical (unpaired) electrons. The molecule has 0 spiro atoms. The molecular formula is C22H18F4N6O2. The third-order valence-corrected chi connectivity index (χ3v) is 5.69. The molecule has 0 unspecified atom stereocenters. The number of nitrogens with two attached hydrogens (primary N) is 1. The SMILES string of the molecule is Nc1n[nH]c2c(-c3ccc(N4CCOCC4)cn3)cn(-c3c(F)cccc3C(F)(F)F)c(=O)c12. The van der Waals surface area contributed by atoms with Crippen molar-refractivity contribution in [3.63, 3.8) is 0 Å². The number of anilines is 2. The van der Waals surface area contributed by atoms with Crippen LogP contribution in [0.4, 0.5) is 29.1 Å². The number of alkyl halides is 3.